The number of methoxy groups -OCH3 is 1. The Balaban J connectivity index is 2.30. The van der Waals surface area contributed by atoms with Crippen molar-refractivity contribution in [1.82, 2.24) is 0 Å². The summed E-state index contributed by atoms with van der Waals surface area (Å²) < 4.78 is 5.74. The third-order valence-corrected chi connectivity index (χ3v) is 3.17. The van der Waals surface area contributed by atoms with Crippen LogP contribution in [0.25, 0.3) is 0 Å². The molecule has 0 aromatic heterocycles. The molecule has 0 aliphatic carbocycles. The lowest BCUT2D eigenvalue weighted by molar-refractivity contribution is -0.384. The van der Waals surface area contributed by atoms with Gasteiger partial charge in [0.15, 0.2) is 0 Å². The summed E-state index contributed by atoms with van der Waals surface area (Å²) in [6.07, 6.45) is 0. The molecule has 0 saturated carbocycles. The maximum atomic E-state index is 11.1. The maximum absolute atomic E-state index is 11.1. The molecule has 0 heterocycles. The van der Waals surface area contributed by atoms with Crippen LogP contribution >= 0.6 is 15.9 Å². The predicted octanol–water partition coefficient (Wildman–Crippen LogP) is 4.25. The number of nitrogens with one attached hydrogen (secondary N) is 1. The third-order valence-electron chi connectivity index (χ3n) is 2.67. The normalized spacial score (nSPS) is 10.3. The number of nitro groups is 1. The van der Waals surface area contributed by atoms with Gasteiger partial charge in [-0.1, -0.05) is 28.1 Å². The molecule has 2 rings (SSSR count). The molecule has 1 N–H and O–H groups in total. The minimum absolute atomic E-state index is 0.0246. The van der Waals surface area contributed by atoms with E-state index in [-0.39, 0.29) is 5.69 Å². The molecule has 0 spiro atoms. The number of halogens is 1. The van der Waals surface area contributed by atoms with E-state index in [1.54, 1.807) is 19.2 Å². The third kappa shape index (κ3) is 3.55. The Kier molecular flexibility index (Phi) is 4.70. The molecule has 5 nitrogen and oxygen atoms in total. The number of hydrogen-bond acceptors (Lipinski definition) is 4. The van der Waals surface area contributed by atoms with Crippen LogP contribution in [0.3, 0.4) is 0 Å². The number of rotatable bonds is 5. The molecule has 6 heteroatoms. The van der Waals surface area contributed by atoms with Gasteiger partial charge in [0.2, 0.25) is 0 Å². The molecular formula is C14H13BrN2O3. The molecule has 0 amide bonds. The molecule has 20 heavy (non-hydrogen) atoms. The van der Waals surface area contributed by atoms with Gasteiger partial charge in [0.05, 0.1) is 11.5 Å². The molecule has 104 valence electrons. The molecule has 0 fully saturated rings. The van der Waals surface area contributed by atoms with Gasteiger partial charge in [-0.3, -0.25) is 10.1 Å². The number of anilines is 2. The van der Waals surface area contributed by atoms with Crippen molar-refractivity contribution in [2.24, 2.45) is 0 Å². The van der Waals surface area contributed by atoms with Crippen LogP contribution in [0.4, 0.5) is 17.1 Å². The Morgan fingerprint density at radius 1 is 1.30 bits per heavy atom. The maximum Gasteiger partial charge on any atom is 0.293 e. The van der Waals surface area contributed by atoms with E-state index in [4.69, 9.17) is 4.74 Å². The van der Waals surface area contributed by atoms with Crippen LogP contribution in [0.2, 0.25) is 0 Å². The second kappa shape index (κ2) is 6.49. The zero-order valence-corrected chi connectivity index (χ0v) is 12.4. The number of benzene rings is 2. The molecule has 0 aliphatic rings. The molecular weight excluding hydrogens is 324 g/mol. The van der Waals surface area contributed by atoms with Crippen molar-refractivity contribution >= 4 is 33.0 Å². The summed E-state index contributed by atoms with van der Waals surface area (Å²) in [5.41, 5.74) is 2.26. The number of nitro benzene ring substituents is 1. The molecule has 0 saturated heterocycles. The fraction of sp³-hybridized carbons (Fsp3) is 0.143. The van der Waals surface area contributed by atoms with Crippen molar-refractivity contribution in [2.75, 3.05) is 12.4 Å². The van der Waals surface area contributed by atoms with Crippen LogP contribution in [0.1, 0.15) is 5.56 Å². The minimum Gasteiger partial charge on any atom is -0.380 e. The van der Waals surface area contributed by atoms with Crippen LogP contribution in [-0.2, 0) is 11.3 Å². The van der Waals surface area contributed by atoms with Gasteiger partial charge in [0, 0.05) is 23.3 Å². The average molecular weight is 337 g/mol. The first-order valence-electron chi connectivity index (χ1n) is 5.89. The summed E-state index contributed by atoms with van der Waals surface area (Å²) in [7, 11) is 1.62. The summed E-state index contributed by atoms with van der Waals surface area (Å²) in [5, 5.41) is 14.1. The predicted molar refractivity (Wildman–Crippen MR) is 81.2 cm³/mol. The Labute approximate surface area is 124 Å². The smallest absolute Gasteiger partial charge is 0.293 e. The van der Waals surface area contributed by atoms with Crippen LogP contribution < -0.4 is 5.32 Å². The van der Waals surface area contributed by atoms with E-state index >= 15 is 0 Å². The summed E-state index contributed by atoms with van der Waals surface area (Å²) in [5.74, 6) is 0. The quantitative estimate of drug-likeness (QED) is 0.654. The van der Waals surface area contributed by atoms with Crippen LogP contribution in [0.5, 0.6) is 0 Å². The van der Waals surface area contributed by atoms with Crippen molar-refractivity contribution in [3.63, 3.8) is 0 Å². The Morgan fingerprint density at radius 3 is 2.80 bits per heavy atom. The van der Waals surface area contributed by atoms with Crippen molar-refractivity contribution in [3.05, 3.63) is 62.6 Å². The highest BCUT2D eigenvalue weighted by Gasteiger charge is 2.14. The van der Waals surface area contributed by atoms with E-state index in [0.717, 1.165) is 11.3 Å². The molecule has 0 bridgehead atoms. The monoisotopic (exact) mass is 336 g/mol. The average Bonchev–Trinajstić information content (AvgIpc) is 2.41. The van der Waals surface area contributed by atoms with E-state index in [1.807, 2.05) is 24.3 Å². The second-order valence-corrected chi connectivity index (χ2v) is 5.09. The van der Waals surface area contributed by atoms with Gasteiger partial charge < -0.3 is 10.1 Å². The van der Waals surface area contributed by atoms with Crippen molar-refractivity contribution in [3.8, 4) is 0 Å². The highest BCUT2D eigenvalue weighted by molar-refractivity contribution is 9.10. The zero-order valence-electron chi connectivity index (χ0n) is 10.8. The molecule has 0 atom stereocenters. The Hall–Kier alpha value is -1.92. The zero-order chi connectivity index (χ0) is 14.5. The summed E-state index contributed by atoms with van der Waals surface area (Å²) in [6.45, 7) is 0.498. The van der Waals surface area contributed by atoms with E-state index in [2.05, 4.69) is 21.2 Å². The van der Waals surface area contributed by atoms with Crippen molar-refractivity contribution < 1.29 is 9.66 Å². The first kappa shape index (κ1) is 14.5. The molecule has 2 aromatic rings. The molecule has 2 aromatic carbocycles. The number of hydrogen-bond donors (Lipinski definition) is 1. The number of ether oxygens (including phenoxy) is 1. The van der Waals surface area contributed by atoms with Gasteiger partial charge in [0.25, 0.3) is 5.69 Å². The highest BCUT2D eigenvalue weighted by atomic mass is 79.9. The first-order chi connectivity index (χ1) is 9.60. The lowest BCUT2D eigenvalue weighted by Crippen LogP contribution is -1.98. The fourth-order valence-corrected chi connectivity index (χ4v) is 2.17. The van der Waals surface area contributed by atoms with Crippen molar-refractivity contribution in [1.29, 1.82) is 0 Å². The summed E-state index contributed by atoms with van der Waals surface area (Å²) in [6, 6.07) is 12.5. The molecule has 0 aliphatic heterocycles. The lowest BCUT2D eigenvalue weighted by Gasteiger charge is -2.09. The van der Waals surface area contributed by atoms with E-state index < -0.39 is 4.92 Å². The lowest BCUT2D eigenvalue weighted by atomic mass is 10.2. The van der Waals surface area contributed by atoms with Crippen molar-refractivity contribution in [2.45, 2.75) is 6.61 Å². The standard InChI is InChI=1S/C14H13BrN2O3/c1-20-9-10-3-2-4-12(7-10)16-13-6-5-11(15)8-14(13)17(18)19/h2-8,16H,9H2,1H3. The largest absolute Gasteiger partial charge is 0.380 e. The number of nitrogens with zero attached hydrogens (tertiary/aromatic N) is 1. The minimum atomic E-state index is -0.411. The topological polar surface area (TPSA) is 64.4 Å². The molecule has 0 radical (unpaired) electrons. The van der Waals surface area contributed by atoms with Crippen LogP contribution in [0.15, 0.2) is 46.9 Å². The van der Waals surface area contributed by atoms with Gasteiger partial charge in [-0.15, -0.1) is 0 Å². The Morgan fingerprint density at radius 2 is 2.10 bits per heavy atom. The summed E-state index contributed by atoms with van der Waals surface area (Å²) in [4.78, 5) is 10.6. The van der Waals surface area contributed by atoms with E-state index in [1.165, 1.54) is 6.07 Å². The second-order valence-electron chi connectivity index (χ2n) is 4.18. The van der Waals surface area contributed by atoms with Crippen LogP contribution in [-0.4, -0.2) is 12.0 Å². The Bertz CT molecular complexity index is 632. The molecule has 0 unspecified atom stereocenters. The van der Waals surface area contributed by atoms with Gasteiger partial charge in [-0.25, -0.2) is 0 Å². The summed E-state index contributed by atoms with van der Waals surface area (Å²) >= 11 is 3.23. The van der Waals surface area contributed by atoms with Gasteiger partial charge in [-0.2, -0.15) is 0 Å². The van der Waals surface area contributed by atoms with Gasteiger partial charge >= 0.3 is 0 Å². The van der Waals surface area contributed by atoms with E-state index in [9.17, 15) is 10.1 Å². The highest BCUT2D eigenvalue weighted by Crippen LogP contribution is 2.30. The van der Waals surface area contributed by atoms with Gasteiger partial charge in [0.1, 0.15) is 5.69 Å². The SMILES string of the molecule is COCc1cccc(Nc2ccc(Br)cc2[N+](=O)[O-])c1. The van der Waals surface area contributed by atoms with Gasteiger partial charge in [-0.05, 0) is 29.8 Å². The fourth-order valence-electron chi connectivity index (χ4n) is 1.82. The van der Waals surface area contributed by atoms with Crippen LogP contribution in [0, 0.1) is 10.1 Å². The first-order valence-corrected chi connectivity index (χ1v) is 6.68. The van der Waals surface area contributed by atoms with E-state index in [0.29, 0.717) is 16.8 Å².